The molecule has 0 radical (unpaired) electrons. The average molecular weight is 380 g/mol. The predicted molar refractivity (Wildman–Crippen MR) is 98.0 cm³/mol. The third-order valence-corrected chi connectivity index (χ3v) is 8.69. The van der Waals surface area contributed by atoms with Crippen molar-refractivity contribution in [2.24, 2.45) is 22.7 Å². The first-order chi connectivity index (χ1) is 12.3. The van der Waals surface area contributed by atoms with Crippen LogP contribution in [-0.2, 0) is 0 Å². The SMILES string of the molecule is C[C@@H](O)[C@@]1(O)CC[C@H]2C3=CC=C4CC(O)(O)C(O)(O)C[C@]4(C)[C@H]3CC[C@@]21C. The van der Waals surface area contributed by atoms with Gasteiger partial charge in [-0.1, -0.05) is 37.1 Å². The fourth-order valence-electron chi connectivity index (χ4n) is 6.82. The van der Waals surface area contributed by atoms with E-state index in [2.05, 4.69) is 6.92 Å². The van der Waals surface area contributed by atoms with Gasteiger partial charge in [-0.2, -0.15) is 0 Å². The molecule has 6 nitrogen and oxygen atoms in total. The molecule has 6 N–H and O–H groups in total. The number of hydrogen-bond acceptors (Lipinski definition) is 6. The Labute approximate surface area is 159 Å². The number of rotatable bonds is 1. The molecule has 0 amide bonds. The standard InChI is InChI=1S/C21H32O6/c1-12(22)19(23)9-7-16-14-5-4-13-10-20(24,25)21(26,27)11-17(13,2)15(14)6-8-18(16,19)3/h4-5,12,15-16,22-27H,6-11H2,1-3H3/t12-,15+,16+,17+,18+,19+/m1/s1. The van der Waals surface area contributed by atoms with Gasteiger partial charge in [-0.15, -0.1) is 0 Å². The number of allylic oxidation sites excluding steroid dienone is 3. The van der Waals surface area contributed by atoms with Gasteiger partial charge in [-0.05, 0) is 44.4 Å². The quantitative estimate of drug-likeness (QED) is 0.377. The Morgan fingerprint density at radius 1 is 0.926 bits per heavy atom. The summed E-state index contributed by atoms with van der Waals surface area (Å²) in [6.07, 6.45) is 5.59. The Bertz CT molecular complexity index is 722. The Hall–Kier alpha value is -0.760. The number of aliphatic hydroxyl groups excluding tert-OH is 1. The second-order valence-corrected chi connectivity index (χ2v) is 9.96. The Kier molecular flexibility index (Phi) is 3.94. The van der Waals surface area contributed by atoms with Gasteiger partial charge in [0.1, 0.15) is 0 Å². The van der Waals surface area contributed by atoms with Crippen molar-refractivity contribution in [3.63, 3.8) is 0 Å². The summed E-state index contributed by atoms with van der Waals surface area (Å²) in [4.78, 5) is 0. The molecule has 6 atom stereocenters. The van der Waals surface area contributed by atoms with Gasteiger partial charge in [0.2, 0.25) is 11.6 Å². The van der Waals surface area contributed by atoms with Crippen LogP contribution in [0.3, 0.4) is 0 Å². The van der Waals surface area contributed by atoms with Crippen molar-refractivity contribution >= 4 is 0 Å². The van der Waals surface area contributed by atoms with Crippen LogP contribution in [0.15, 0.2) is 23.3 Å². The molecule has 0 aliphatic heterocycles. The summed E-state index contributed by atoms with van der Waals surface area (Å²) in [5, 5.41) is 62.4. The predicted octanol–water partition coefficient (Wildman–Crippen LogP) is 0.953. The van der Waals surface area contributed by atoms with Crippen molar-refractivity contribution in [2.75, 3.05) is 0 Å². The zero-order chi connectivity index (χ0) is 20.0. The molecule has 0 bridgehead atoms. The third-order valence-electron chi connectivity index (χ3n) is 8.69. The smallest absolute Gasteiger partial charge is 0.222 e. The molecule has 6 heteroatoms. The number of fused-ring (bicyclic) bond motifs is 5. The van der Waals surface area contributed by atoms with E-state index in [1.54, 1.807) is 6.92 Å². The number of hydrogen-bond donors (Lipinski definition) is 6. The monoisotopic (exact) mass is 380 g/mol. The highest BCUT2D eigenvalue weighted by Gasteiger charge is 2.66. The van der Waals surface area contributed by atoms with E-state index < -0.39 is 34.1 Å². The third kappa shape index (κ3) is 2.28. The second kappa shape index (κ2) is 5.43. The highest BCUT2D eigenvalue weighted by Crippen LogP contribution is 2.67. The van der Waals surface area contributed by atoms with E-state index in [1.165, 1.54) is 5.57 Å². The van der Waals surface area contributed by atoms with E-state index in [4.69, 9.17) is 0 Å². The van der Waals surface area contributed by atoms with E-state index in [0.29, 0.717) is 6.42 Å². The first-order valence-electron chi connectivity index (χ1n) is 10.00. The molecule has 0 saturated heterocycles. The minimum Gasteiger partial charge on any atom is -0.390 e. The van der Waals surface area contributed by atoms with Crippen molar-refractivity contribution in [2.45, 2.75) is 82.6 Å². The Balaban J connectivity index is 1.76. The van der Waals surface area contributed by atoms with Crippen molar-refractivity contribution in [1.29, 1.82) is 0 Å². The van der Waals surface area contributed by atoms with Gasteiger partial charge in [-0.3, -0.25) is 0 Å². The summed E-state index contributed by atoms with van der Waals surface area (Å²) in [6.45, 7) is 5.69. The Morgan fingerprint density at radius 3 is 2.19 bits per heavy atom. The fourth-order valence-corrected chi connectivity index (χ4v) is 6.82. The largest absolute Gasteiger partial charge is 0.390 e. The second-order valence-electron chi connectivity index (χ2n) is 9.96. The van der Waals surface area contributed by atoms with Crippen LogP contribution in [0.1, 0.15) is 59.3 Å². The molecule has 0 heterocycles. The molecule has 152 valence electrons. The minimum atomic E-state index is -2.57. The maximum absolute atomic E-state index is 11.2. The summed E-state index contributed by atoms with van der Waals surface area (Å²) in [6, 6.07) is 0. The average Bonchev–Trinajstić information content (AvgIpc) is 2.82. The van der Waals surface area contributed by atoms with Gasteiger partial charge in [-0.25, -0.2) is 0 Å². The van der Waals surface area contributed by atoms with E-state index in [1.807, 2.05) is 19.1 Å². The maximum Gasteiger partial charge on any atom is 0.222 e. The van der Waals surface area contributed by atoms with E-state index in [0.717, 1.165) is 24.8 Å². The topological polar surface area (TPSA) is 121 Å². The zero-order valence-corrected chi connectivity index (χ0v) is 16.3. The van der Waals surface area contributed by atoms with Crippen LogP contribution in [-0.4, -0.2) is 53.9 Å². The van der Waals surface area contributed by atoms with E-state index in [-0.39, 0.29) is 24.7 Å². The van der Waals surface area contributed by atoms with Gasteiger partial charge in [0, 0.05) is 23.7 Å². The summed E-state index contributed by atoms with van der Waals surface area (Å²) >= 11 is 0. The van der Waals surface area contributed by atoms with E-state index >= 15 is 0 Å². The molecule has 4 aliphatic rings. The van der Waals surface area contributed by atoms with Crippen LogP contribution in [0, 0.1) is 22.7 Å². The molecule has 0 aromatic rings. The van der Waals surface area contributed by atoms with Crippen molar-refractivity contribution in [3.8, 4) is 0 Å². The van der Waals surface area contributed by atoms with Crippen LogP contribution in [0.25, 0.3) is 0 Å². The van der Waals surface area contributed by atoms with Gasteiger partial charge in [0.15, 0.2) is 0 Å². The zero-order valence-electron chi connectivity index (χ0n) is 16.3. The lowest BCUT2D eigenvalue weighted by molar-refractivity contribution is -0.375. The minimum absolute atomic E-state index is 0.0571. The fraction of sp³-hybridized carbons (Fsp3) is 0.810. The molecule has 3 saturated carbocycles. The van der Waals surface area contributed by atoms with Crippen LogP contribution in [0.5, 0.6) is 0 Å². The van der Waals surface area contributed by atoms with Gasteiger partial charge in [0.25, 0.3) is 0 Å². The van der Waals surface area contributed by atoms with Gasteiger partial charge in [0.05, 0.1) is 11.7 Å². The lowest BCUT2D eigenvalue weighted by Crippen LogP contribution is -2.63. The summed E-state index contributed by atoms with van der Waals surface area (Å²) < 4.78 is 0. The van der Waals surface area contributed by atoms with Crippen LogP contribution < -0.4 is 0 Å². The molecule has 0 aromatic carbocycles. The van der Waals surface area contributed by atoms with Gasteiger partial charge >= 0.3 is 0 Å². The first kappa shape index (κ1) is 19.6. The maximum atomic E-state index is 11.2. The molecule has 0 unspecified atom stereocenters. The van der Waals surface area contributed by atoms with E-state index in [9.17, 15) is 30.6 Å². The molecular formula is C21H32O6. The molecule has 3 fully saturated rings. The normalized spacial score (nSPS) is 48.6. The molecule has 27 heavy (non-hydrogen) atoms. The first-order valence-corrected chi connectivity index (χ1v) is 10.00. The summed E-state index contributed by atoms with van der Waals surface area (Å²) in [5.74, 6) is -4.96. The van der Waals surface area contributed by atoms with Crippen LogP contribution in [0.2, 0.25) is 0 Å². The van der Waals surface area contributed by atoms with Crippen LogP contribution >= 0.6 is 0 Å². The highest BCUT2D eigenvalue weighted by atomic mass is 16.6. The number of aliphatic hydroxyl groups is 6. The molecule has 4 rings (SSSR count). The Morgan fingerprint density at radius 2 is 1.56 bits per heavy atom. The molecular weight excluding hydrogens is 348 g/mol. The van der Waals surface area contributed by atoms with Crippen molar-refractivity contribution in [3.05, 3.63) is 23.3 Å². The molecule has 0 spiro atoms. The highest BCUT2D eigenvalue weighted by molar-refractivity contribution is 5.41. The van der Waals surface area contributed by atoms with Crippen molar-refractivity contribution < 1.29 is 30.6 Å². The lowest BCUT2D eigenvalue weighted by atomic mass is 9.49. The molecule has 4 aliphatic carbocycles. The van der Waals surface area contributed by atoms with Gasteiger partial charge < -0.3 is 30.6 Å². The van der Waals surface area contributed by atoms with Crippen LogP contribution in [0.4, 0.5) is 0 Å². The summed E-state index contributed by atoms with van der Waals surface area (Å²) in [7, 11) is 0. The van der Waals surface area contributed by atoms with Crippen molar-refractivity contribution in [1.82, 2.24) is 0 Å². The summed E-state index contributed by atoms with van der Waals surface area (Å²) in [5.41, 5.74) is -0.106. The molecule has 0 aromatic heterocycles. The lowest BCUT2D eigenvalue weighted by Gasteiger charge is -2.58.